The molecule has 3 atom stereocenters. The summed E-state index contributed by atoms with van der Waals surface area (Å²) in [5.41, 5.74) is 0.0969. The minimum atomic E-state index is -4.46. The Balaban J connectivity index is 0.00000261. The molecule has 2 aliphatic rings. The van der Waals surface area contributed by atoms with Crippen LogP contribution in [0.5, 0.6) is 0 Å². The first-order valence-corrected chi connectivity index (χ1v) is 8.51. The van der Waals surface area contributed by atoms with Crippen LogP contribution in [0.4, 0.5) is 22.0 Å². The SMILES string of the molecule is Cl.O=C(NCC(N1CCNCC1)C(F)(F)F)C1CC1c1cc(F)ccc1F. The lowest BCUT2D eigenvalue weighted by Gasteiger charge is -2.35. The molecule has 0 spiro atoms. The van der Waals surface area contributed by atoms with Crippen LogP contribution < -0.4 is 10.6 Å². The molecule has 10 heteroatoms. The molecule has 1 amide bonds. The molecule has 2 fully saturated rings. The molecule has 2 N–H and O–H groups in total. The Bertz CT molecular complexity index is 666. The van der Waals surface area contributed by atoms with E-state index < -0.39 is 48.1 Å². The van der Waals surface area contributed by atoms with E-state index in [0.717, 1.165) is 18.2 Å². The Morgan fingerprint density at radius 1 is 1.26 bits per heavy atom. The van der Waals surface area contributed by atoms with Crippen molar-refractivity contribution in [2.75, 3.05) is 32.7 Å². The summed E-state index contributed by atoms with van der Waals surface area (Å²) in [5.74, 6) is -2.88. The van der Waals surface area contributed by atoms with Crippen LogP contribution in [-0.2, 0) is 4.79 Å². The molecule has 1 saturated carbocycles. The van der Waals surface area contributed by atoms with Crippen molar-refractivity contribution in [2.45, 2.75) is 24.6 Å². The highest BCUT2D eigenvalue weighted by Gasteiger charge is 2.47. The van der Waals surface area contributed by atoms with Gasteiger partial charge in [0.05, 0.1) is 0 Å². The van der Waals surface area contributed by atoms with E-state index in [-0.39, 0.29) is 31.1 Å². The number of alkyl halides is 3. The molecule has 1 aliphatic heterocycles. The fraction of sp³-hybridized carbons (Fsp3) is 0.588. The zero-order chi connectivity index (χ0) is 18.9. The van der Waals surface area contributed by atoms with Gasteiger partial charge in [0.2, 0.25) is 5.91 Å². The lowest BCUT2D eigenvalue weighted by Crippen LogP contribution is -2.57. The predicted octanol–water partition coefficient (Wildman–Crippen LogP) is 2.44. The van der Waals surface area contributed by atoms with Crippen LogP contribution in [0.15, 0.2) is 18.2 Å². The number of carbonyl (C=O) groups excluding carboxylic acids is 1. The quantitative estimate of drug-likeness (QED) is 0.729. The summed E-state index contributed by atoms with van der Waals surface area (Å²) in [7, 11) is 0. The Morgan fingerprint density at radius 2 is 1.93 bits per heavy atom. The summed E-state index contributed by atoms with van der Waals surface area (Å²) in [6.07, 6.45) is -4.15. The number of amides is 1. The highest BCUT2D eigenvalue weighted by molar-refractivity contribution is 5.85. The average molecular weight is 414 g/mol. The first-order chi connectivity index (χ1) is 12.3. The zero-order valence-corrected chi connectivity index (χ0v) is 15.2. The number of hydrogen-bond donors (Lipinski definition) is 2. The molecule has 1 aromatic rings. The predicted molar refractivity (Wildman–Crippen MR) is 91.7 cm³/mol. The summed E-state index contributed by atoms with van der Waals surface area (Å²) in [5, 5.41) is 5.33. The van der Waals surface area contributed by atoms with Crippen LogP contribution in [0.1, 0.15) is 17.9 Å². The highest BCUT2D eigenvalue weighted by Crippen LogP contribution is 2.48. The first-order valence-electron chi connectivity index (χ1n) is 8.51. The molecule has 0 radical (unpaired) electrons. The number of benzene rings is 1. The van der Waals surface area contributed by atoms with Crippen LogP contribution >= 0.6 is 12.4 Å². The molecule has 1 aliphatic carbocycles. The zero-order valence-electron chi connectivity index (χ0n) is 14.4. The lowest BCUT2D eigenvalue weighted by molar-refractivity contribution is -0.184. The number of halogens is 6. The van der Waals surface area contributed by atoms with Gasteiger partial charge in [0.15, 0.2) is 0 Å². The van der Waals surface area contributed by atoms with Gasteiger partial charge in [-0.2, -0.15) is 13.2 Å². The van der Waals surface area contributed by atoms with Gasteiger partial charge < -0.3 is 10.6 Å². The lowest BCUT2D eigenvalue weighted by atomic mass is 10.1. The van der Waals surface area contributed by atoms with E-state index in [1.807, 2.05) is 0 Å². The van der Waals surface area contributed by atoms with Gasteiger partial charge in [-0.1, -0.05) is 0 Å². The molecular formula is C17H21ClF5N3O. The van der Waals surface area contributed by atoms with Gasteiger partial charge in [-0.05, 0) is 36.1 Å². The van der Waals surface area contributed by atoms with Gasteiger partial charge in [0.1, 0.15) is 17.7 Å². The Hall–Kier alpha value is -1.45. The minimum Gasteiger partial charge on any atom is -0.354 e. The molecule has 4 nitrogen and oxygen atoms in total. The second kappa shape index (κ2) is 8.70. The maximum Gasteiger partial charge on any atom is 0.405 e. The summed E-state index contributed by atoms with van der Waals surface area (Å²) in [6.45, 7) is 0.881. The normalized spacial score (nSPS) is 24.0. The van der Waals surface area contributed by atoms with E-state index in [0.29, 0.717) is 19.5 Å². The molecule has 0 aromatic heterocycles. The fourth-order valence-corrected chi connectivity index (χ4v) is 3.40. The van der Waals surface area contributed by atoms with Gasteiger partial charge >= 0.3 is 6.18 Å². The second-order valence-corrected chi connectivity index (χ2v) is 6.70. The molecule has 27 heavy (non-hydrogen) atoms. The maximum absolute atomic E-state index is 13.8. The van der Waals surface area contributed by atoms with Gasteiger partial charge in [0, 0.05) is 38.6 Å². The monoisotopic (exact) mass is 413 g/mol. The van der Waals surface area contributed by atoms with Crippen molar-refractivity contribution < 1.29 is 26.7 Å². The Labute approximate surface area is 159 Å². The summed E-state index contributed by atoms with van der Waals surface area (Å²) in [4.78, 5) is 13.5. The number of rotatable bonds is 5. The summed E-state index contributed by atoms with van der Waals surface area (Å²) in [6, 6.07) is 1.25. The Morgan fingerprint density at radius 3 is 2.56 bits per heavy atom. The second-order valence-electron chi connectivity index (χ2n) is 6.70. The summed E-state index contributed by atoms with van der Waals surface area (Å²) >= 11 is 0. The van der Waals surface area contributed by atoms with Crippen LogP contribution in [0.3, 0.4) is 0 Å². The van der Waals surface area contributed by atoms with E-state index in [1.165, 1.54) is 4.90 Å². The van der Waals surface area contributed by atoms with E-state index in [2.05, 4.69) is 10.6 Å². The topological polar surface area (TPSA) is 44.4 Å². The number of nitrogens with zero attached hydrogens (tertiary/aromatic N) is 1. The van der Waals surface area contributed by atoms with Crippen LogP contribution in [0.25, 0.3) is 0 Å². The standard InChI is InChI=1S/C17H20F5N3O.ClH/c18-10-1-2-14(19)12(7-10)11-8-13(11)16(26)24-9-15(17(20,21)22)25-5-3-23-4-6-25;/h1-2,7,11,13,15,23H,3-6,8-9H2,(H,24,26);1H. The smallest absolute Gasteiger partial charge is 0.354 e. The molecule has 1 heterocycles. The molecule has 0 bridgehead atoms. The first kappa shape index (κ1) is 21.8. The van der Waals surface area contributed by atoms with E-state index in [9.17, 15) is 26.7 Å². The van der Waals surface area contributed by atoms with Crippen molar-refractivity contribution in [3.8, 4) is 0 Å². The molecule has 3 unspecified atom stereocenters. The van der Waals surface area contributed by atoms with Gasteiger partial charge in [-0.15, -0.1) is 12.4 Å². The van der Waals surface area contributed by atoms with Gasteiger partial charge in [-0.3, -0.25) is 9.69 Å². The summed E-state index contributed by atoms with van der Waals surface area (Å²) < 4.78 is 66.9. The molecule has 1 aromatic carbocycles. The average Bonchev–Trinajstić information content (AvgIpc) is 3.37. The van der Waals surface area contributed by atoms with Crippen molar-refractivity contribution in [3.05, 3.63) is 35.4 Å². The van der Waals surface area contributed by atoms with Crippen molar-refractivity contribution in [3.63, 3.8) is 0 Å². The third kappa shape index (κ3) is 5.30. The number of hydrogen-bond acceptors (Lipinski definition) is 3. The minimum absolute atomic E-state index is 0. The van der Waals surface area contributed by atoms with E-state index in [1.54, 1.807) is 0 Å². The molecule has 1 saturated heterocycles. The molecular weight excluding hydrogens is 393 g/mol. The van der Waals surface area contributed by atoms with Crippen molar-refractivity contribution in [1.29, 1.82) is 0 Å². The van der Waals surface area contributed by atoms with Crippen LogP contribution in [0.2, 0.25) is 0 Å². The number of piperazine rings is 1. The maximum atomic E-state index is 13.8. The van der Waals surface area contributed by atoms with Crippen molar-refractivity contribution in [2.24, 2.45) is 5.92 Å². The molecule has 3 rings (SSSR count). The van der Waals surface area contributed by atoms with Crippen molar-refractivity contribution in [1.82, 2.24) is 15.5 Å². The third-order valence-corrected chi connectivity index (χ3v) is 4.92. The largest absolute Gasteiger partial charge is 0.405 e. The number of nitrogens with one attached hydrogen (secondary N) is 2. The van der Waals surface area contributed by atoms with E-state index in [4.69, 9.17) is 0 Å². The van der Waals surface area contributed by atoms with Crippen molar-refractivity contribution >= 4 is 18.3 Å². The highest BCUT2D eigenvalue weighted by atomic mass is 35.5. The molecule has 152 valence electrons. The van der Waals surface area contributed by atoms with Crippen LogP contribution in [-0.4, -0.2) is 55.7 Å². The number of carbonyl (C=O) groups is 1. The van der Waals surface area contributed by atoms with Gasteiger partial charge in [0.25, 0.3) is 0 Å². The Kier molecular flexibility index (Phi) is 7.04. The van der Waals surface area contributed by atoms with Gasteiger partial charge in [-0.25, -0.2) is 8.78 Å². The van der Waals surface area contributed by atoms with Crippen LogP contribution in [0, 0.1) is 17.6 Å². The van der Waals surface area contributed by atoms with E-state index >= 15 is 0 Å². The third-order valence-electron chi connectivity index (χ3n) is 4.92. The fourth-order valence-electron chi connectivity index (χ4n) is 3.40.